The van der Waals surface area contributed by atoms with Crippen LogP contribution in [0.15, 0.2) is 47.4 Å². The van der Waals surface area contributed by atoms with Crippen LogP contribution in [0.4, 0.5) is 5.69 Å². The van der Waals surface area contributed by atoms with Crippen LogP contribution in [0.5, 0.6) is 5.75 Å². The highest BCUT2D eigenvalue weighted by Gasteiger charge is 2.32. The average Bonchev–Trinajstić information content (AvgIpc) is 2.61. The fourth-order valence-electron chi connectivity index (χ4n) is 2.42. The normalized spacial score (nSPS) is 16.1. The molecule has 130 valence electrons. The third kappa shape index (κ3) is 4.03. The number of primary amides is 1. The van der Waals surface area contributed by atoms with Crippen molar-refractivity contribution in [3.63, 3.8) is 0 Å². The third-order valence-electron chi connectivity index (χ3n) is 3.64. The second-order valence-corrected chi connectivity index (χ2v) is 7.21. The minimum absolute atomic E-state index is 0.0784. The number of rotatable bonds is 4. The largest absolute Gasteiger partial charge is 0.477 e. The van der Waals surface area contributed by atoms with Crippen molar-refractivity contribution in [2.75, 3.05) is 17.2 Å². The molecule has 8 heteroatoms. The molecule has 1 heterocycles. The molecule has 5 nitrogen and oxygen atoms in total. The molecule has 2 aromatic carbocycles. The summed E-state index contributed by atoms with van der Waals surface area (Å²) in [5.74, 6) is -0.197. The van der Waals surface area contributed by atoms with Gasteiger partial charge in [-0.2, -0.15) is 0 Å². The summed E-state index contributed by atoms with van der Waals surface area (Å²) < 4.78 is 5.56. The Labute approximate surface area is 159 Å². The highest BCUT2D eigenvalue weighted by molar-refractivity contribution is 8.00. The number of benzene rings is 2. The van der Waals surface area contributed by atoms with Gasteiger partial charge < -0.3 is 15.4 Å². The molecule has 0 aromatic heterocycles. The topological polar surface area (TPSA) is 72.6 Å². The summed E-state index contributed by atoms with van der Waals surface area (Å²) in [5, 5.41) is 1.07. The van der Waals surface area contributed by atoms with Gasteiger partial charge in [0.25, 0.3) is 5.91 Å². The van der Waals surface area contributed by atoms with E-state index in [1.807, 2.05) is 0 Å². The Morgan fingerprint density at radius 3 is 2.76 bits per heavy atom. The van der Waals surface area contributed by atoms with Crippen LogP contribution in [0.2, 0.25) is 10.0 Å². The summed E-state index contributed by atoms with van der Waals surface area (Å²) in [7, 11) is 0. The van der Waals surface area contributed by atoms with Crippen LogP contribution >= 0.6 is 35.0 Å². The summed E-state index contributed by atoms with van der Waals surface area (Å²) in [4.78, 5) is 26.5. The molecule has 0 radical (unpaired) electrons. The van der Waals surface area contributed by atoms with Crippen molar-refractivity contribution in [2.45, 2.75) is 11.0 Å². The zero-order valence-electron chi connectivity index (χ0n) is 12.9. The lowest BCUT2D eigenvalue weighted by atomic mass is 10.2. The molecule has 25 heavy (non-hydrogen) atoms. The molecule has 2 amide bonds. The molecule has 0 bridgehead atoms. The zero-order valence-corrected chi connectivity index (χ0v) is 15.3. The van der Waals surface area contributed by atoms with Crippen molar-refractivity contribution in [1.29, 1.82) is 0 Å². The first-order valence-electron chi connectivity index (χ1n) is 7.39. The number of fused-ring (bicyclic) bond motifs is 1. The Morgan fingerprint density at radius 1 is 1.24 bits per heavy atom. The van der Waals surface area contributed by atoms with Gasteiger partial charge in [-0.1, -0.05) is 35.3 Å². The maximum atomic E-state index is 12.7. The molecular weight excluding hydrogens is 383 g/mol. The van der Waals surface area contributed by atoms with Crippen molar-refractivity contribution in [3.8, 4) is 5.75 Å². The Bertz CT molecular complexity index is 831. The predicted octanol–water partition coefficient (Wildman–Crippen LogP) is 3.37. The Morgan fingerprint density at radius 2 is 2.00 bits per heavy atom. The molecule has 0 saturated carbocycles. The number of para-hydroxylation sites is 2. The number of thioether (sulfide) groups is 1. The number of halogens is 2. The molecule has 1 atom stereocenters. The van der Waals surface area contributed by atoms with Crippen molar-refractivity contribution in [1.82, 2.24) is 0 Å². The number of carbonyl (C=O) groups is 2. The minimum Gasteiger partial charge on any atom is -0.477 e. The molecule has 1 aliphatic heterocycles. The highest BCUT2D eigenvalue weighted by Crippen LogP contribution is 2.35. The first kappa shape index (κ1) is 17.9. The summed E-state index contributed by atoms with van der Waals surface area (Å²) in [5.41, 5.74) is 5.96. The fraction of sp³-hybridized carbons (Fsp3) is 0.176. The molecule has 0 aliphatic carbocycles. The standard InChI is InChI=1S/C17H14Cl2N2O3S/c18-10-5-6-11(19)15(7-10)25-9-16(22)21-8-14(17(20)23)24-13-4-2-1-3-12(13)21/h1-7,14H,8-9H2,(H2,20,23)/t14-/m0/s1. The van der Waals surface area contributed by atoms with E-state index in [2.05, 4.69) is 0 Å². The van der Waals surface area contributed by atoms with Gasteiger partial charge in [-0.05, 0) is 30.3 Å². The number of nitrogens with two attached hydrogens (primary N) is 1. The summed E-state index contributed by atoms with van der Waals surface area (Å²) in [6.45, 7) is 0.0784. The molecule has 0 unspecified atom stereocenters. The minimum atomic E-state index is -0.876. The number of anilines is 1. The van der Waals surface area contributed by atoms with Gasteiger partial charge in [-0.25, -0.2) is 0 Å². The molecule has 2 aromatic rings. The van der Waals surface area contributed by atoms with E-state index >= 15 is 0 Å². The Balaban J connectivity index is 1.78. The van der Waals surface area contributed by atoms with Gasteiger partial charge in [-0.15, -0.1) is 11.8 Å². The molecular formula is C17H14Cl2N2O3S. The van der Waals surface area contributed by atoms with Crippen LogP contribution in [-0.4, -0.2) is 30.2 Å². The van der Waals surface area contributed by atoms with Crippen LogP contribution in [0.25, 0.3) is 0 Å². The number of nitrogens with zero attached hydrogens (tertiary/aromatic N) is 1. The first-order chi connectivity index (χ1) is 12.0. The van der Waals surface area contributed by atoms with E-state index in [9.17, 15) is 9.59 Å². The van der Waals surface area contributed by atoms with E-state index in [0.717, 1.165) is 4.90 Å². The van der Waals surface area contributed by atoms with E-state index in [1.165, 1.54) is 16.7 Å². The smallest absolute Gasteiger partial charge is 0.260 e. The van der Waals surface area contributed by atoms with Gasteiger partial charge in [-0.3, -0.25) is 9.59 Å². The number of carbonyl (C=O) groups excluding carboxylic acids is 2. The fourth-order valence-corrected chi connectivity index (χ4v) is 3.79. The molecule has 0 saturated heterocycles. The predicted molar refractivity (Wildman–Crippen MR) is 99.6 cm³/mol. The van der Waals surface area contributed by atoms with Crippen LogP contribution in [0.1, 0.15) is 0 Å². The first-order valence-corrected chi connectivity index (χ1v) is 9.13. The van der Waals surface area contributed by atoms with E-state index in [-0.39, 0.29) is 18.2 Å². The Hall–Kier alpha value is -1.89. The average molecular weight is 397 g/mol. The van der Waals surface area contributed by atoms with Gasteiger partial charge >= 0.3 is 0 Å². The third-order valence-corrected chi connectivity index (χ3v) is 5.35. The number of ether oxygens (including phenoxy) is 1. The van der Waals surface area contributed by atoms with Crippen LogP contribution in [-0.2, 0) is 9.59 Å². The number of hydrogen-bond donors (Lipinski definition) is 1. The highest BCUT2D eigenvalue weighted by atomic mass is 35.5. The molecule has 2 N–H and O–H groups in total. The van der Waals surface area contributed by atoms with E-state index in [1.54, 1.807) is 42.5 Å². The van der Waals surface area contributed by atoms with Gasteiger partial charge in [0.1, 0.15) is 5.75 Å². The zero-order chi connectivity index (χ0) is 18.0. The van der Waals surface area contributed by atoms with Gasteiger partial charge in [0, 0.05) is 9.92 Å². The van der Waals surface area contributed by atoms with E-state index in [0.29, 0.717) is 21.5 Å². The SMILES string of the molecule is NC(=O)[C@@H]1CN(C(=O)CSc2cc(Cl)ccc2Cl)c2ccccc2O1. The van der Waals surface area contributed by atoms with Crippen LogP contribution < -0.4 is 15.4 Å². The van der Waals surface area contributed by atoms with E-state index < -0.39 is 12.0 Å². The molecule has 1 aliphatic rings. The van der Waals surface area contributed by atoms with E-state index in [4.69, 9.17) is 33.7 Å². The number of amides is 2. The lowest BCUT2D eigenvalue weighted by Gasteiger charge is -2.33. The van der Waals surface area contributed by atoms with Crippen LogP contribution in [0.3, 0.4) is 0 Å². The molecule has 3 rings (SSSR count). The lowest BCUT2D eigenvalue weighted by Crippen LogP contribution is -2.49. The second kappa shape index (κ2) is 7.56. The van der Waals surface area contributed by atoms with Crippen molar-refractivity contribution in [2.24, 2.45) is 5.73 Å². The monoisotopic (exact) mass is 396 g/mol. The van der Waals surface area contributed by atoms with Crippen molar-refractivity contribution in [3.05, 3.63) is 52.5 Å². The van der Waals surface area contributed by atoms with Crippen LogP contribution in [0, 0.1) is 0 Å². The van der Waals surface area contributed by atoms with Gasteiger partial charge in [0.15, 0.2) is 6.10 Å². The molecule has 0 spiro atoms. The van der Waals surface area contributed by atoms with Crippen molar-refractivity contribution >= 4 is 52.5 Å². The maximum Gasteiger partial charge on any atom is 0.260 e. The number of hydrogen-bond acceptors (Lipinski definition) is 4. The second-order valence-electron chi connectivity index (χ2n) is 5.34. The quantitative estimate of drug-likeness (QED) is 0.803. The summed E-state index contributed by atoms with van der Waals surface area (Å²) in [6.07, 6.45) is -0.876. The van der Waals surface area contributed by atoms with Gasteiger partial charge in [0.2, 0.25) is 5.91 Å². The summed E-state index contributed by atoms with van der Waals surface area (Å²) >= 11 is 13.4. The molecule has 0 fully saturated rings. The maximum absolute atomic E-state index is 12.7. The van der Waals surface area contributed by atoms with Gasteiger partial charge in [0.05, 0.1) is 23.0 Å². The Kier molecular flexibility index (Phi) is 5.42. The van der Waals surface area contributed by atoms with Crippen molar-refractivity contribution < 1.29 is 14.3 Å². The summed E-state index contributed by atoms with van der Waals surface area (Å²) in [6, 6.07) is 12.1. The lowest BCUT2D eigenvalue weighted by molar-refractivity contribution is -0.125.